The van der Waals surface area contributed by atoms with Crippen molar-refractivity contribution < 1.29 is 53.5 Å². The number of imide groups is 1. The molecule has 0 aliphatic heterocycles. The molecule has 32 heavy (non-hydrogen) atoms. The molecule has 0 aromatic heterocycles. The van der Waals surface area contributed by atoms with Gasteiger partial charge in [-0.1, -0.05) is 13.8 Å². The van der Waals surface area contributed by atoms with Crippen molar-refractivity contribution in [2.75, 3.05) is 6.54 Å². The van der Waals surface area contributed by atoms with Gasteiger partial charge in [0.25, 0.3) is 11.8 Å². The van der Waals surface area contributed by atoms with Crippen LogP contribution in [0.4, 0.5) is 43.9 Å². The Morgan fingerprint density at radius 3 is 1.06 bits per heavy atom. The normalized spacial score (nSPS) is 11.3. The first-order valence-electron chi connectivity index (χ1n) is 8.62. The number of benzene rings is 2. The molecule has 0 radical (unpaired) electrons. The van der Waals surface area contributed by atoms with E-state index in [4.69, 9.17) is 0 Å². The molecule has 0 N–H and O–H groups in total. The second-order valence-electron chi connectivity index (χ2n) is 6.83. The lowest BCUT2D eigenvalue weighted by Gasteiger charge is -2.23. The lowest BCUT2D eigenvalue weighted by Crippen LogP contribution is -2.40. The van der Waals surface area contributed by atoms with Crippen molar-refractivity contribution in [3.63, 3.8) is 0 Å². The van der Waals surface area contributed by atoms with E-state index < -0.39 is 93.6 Å². The van der Waals surface area contributed by atoms with E-state index in [9.17, 15) is 53.5 Å². The third kappa shape index (κ3) is 4.15. The Labute approximate surface area is 173 Å². The summed E-state index contributed by atoms with van der Waals surface area (Å²) < 4.78 is 136. The summed E-state index contributed by atoms with van der Waals surface area (Å²) in [6.07, 6.45) is -0.234. The molecule has 3 nitrogen and oxygen atoms in total. The van der Waals surface area contributed by atoms with Gasteiger partial charge in [-0.25, -0.2) is 43.9 Å². The molecule has 174 valence electrons. The van der Waals surface area contributed by atoms with E-state index in [-0.39, 0.29) is 11.3 Å². The predicted octanol–water partition coefficient (Wildman–Crippen LogP) is 5.41. The molecule has 0 spiro atoms. The molecule has 13 heteroatoms. The molecular formula is C19H11F10NO2. The van der Waals surface area contributed by atoms with Gasteiger partial charge in [0.1, 0.15) is 11.1 Å². The zero-order valence-corrected chi connectivity index (χ0v) is 16.0. The van der Waals surface area contributed by atoms with Crippen LogP contribution in [0, 0.1) is 64.1 Å². The molecule has 0 unspecified atom stereocenters. The Balaban J connectivity index is 2.73. The minimum absolute atomic E-state index is 0.234. The maximum atomic E-state index is 14.0. The van der Waals surface area contributed by atoms with Gasteiger partial charge in [-0.15, -0.1) is 0 Å². The van der Waals surface area contributed by atoms with Crippen molar-refractivity contribution in [1.29, 1.82) is 0 Å². The molecule has 0 fully saturated rings. The highest BCUT2D eigenvalue weighted by molar-refractivity contribution is 6.10. The number of rotatable bonds is 5. The molecule has 0 saturated carbocycles. The zero-order chi connectivity index (χ0) is 24.7. The number of hydrogen-bond donors (Lipinski definition) is 0. The van der Waals surface area contributed by atoms with E-state index in [1.165, 1.54) is 13.8 Å². The average Bonchev–Trinajstić information content (AvgIpc) is 2.73. The van der Waals surface area contributed by atoms with Gasteiger partial charge in [0.05, 0.1) is 0 Å². The summed E-state index contributed by atoms with van der Waals surface area (Å²) in [5, 5.41) is 0. The van der Waals surface area contributed by atoms with Crippen molar-refractivity contribution in [2.45, 2.75) is 20.3 Å². The van der Waals surface area contributed by atoms with Crippen molar-refractivity contribution in [3.8, 4) is 0 Å². The summed E-state index contributed by atoms with van der Waals surface area (Å²) in [4.78, 5) is 24.7. The summed E-state index contributed by atoms with van der Waals surface area (Å²) in [6.45, 7) is 2.06. The van der Waals surface area contributed by atoms with Gasteiger partial charge in [-0.3, -0.25) is 14.5 Å². The smallest absolute Gasteiger partial charge is 0.266 e. The SMILES string of the molecule is CC(C)CCN(C(=O)c1c(F)c(F)c(F)c(F)c1F)C(=O)c1c(F)c(F)c(F)c(F)c1F. The van der Waals surface area contributed by atoms with Crippen LogP contribution in [0.5, 0.6) is 0 Å². The largest absolute Gasteiger partial charge is 0.274 e. The van der Waals surface area contributed by atoms with Gasteiger partial charge in [0, 0.05) is 6.54 Å². The molecule has 0 atom stereocenters. The lowest BCUT2D eigenvalue weighted by atomic mass is 10.1. The topological polar surface area (TPSA) is 37.4 Å². The molecule has 0 heterocycles. The quantitative estimate of drug-likeness (QED) is 0.251. The van der Waals surface area contributed by atoms with Crippen molar-refractivity contribution in [3.05, 3.63) is 69.3 Å². The third-order valence-corrected chi connectivity index (χ3v) is 4.27. The minimum Gasteiger partial charge on any atom is -0.274 e. The Morgan fingerprint density at radius 1 is 0.562 bits per heavy atom. The summed E-state index contributed by atoms with van der Waals surface area (Å²) in [6, 6.07) is 0. The average molecular weight is 475 g/mol. The van der Waals surface area contributed by atoms with Gasteiger partial charge in [-0.05, 0) is 12.3 Å². The predicted molar refractivity (Wildman–Crippen MR) is 87.3 cm³/mol. The Bertz CT molecular complexity index is 977. The minimum atomic E-state index is -2.64. The Hall–Kier alpha value is -3.12. The van der Waals surface area contributed by atoms with E-state index in [1.807, 2.05) is 0 Å². The molecule has 2 aromatic carbocycles. The number of amides is 2. The van der Waals surface area contributed by atoms with Crippen LogP contribution in [0.25, 0.3) is 0 Å². The number of carbonyl (C=O) groups excluding carboxylic acids is 2. The maximum absolute atomic E-state index is 14.0. The number of carbonyl (C=O) groups is 2. The molecule has 2 rings (SSSR count). The first-order valence-corrected chi connectivity index (χ1v) is 8.62. The molecule has 0 saturated heterocycles. The fourth-order valence-electron chi connectivity index (χ4n) is 2.54. The summed E-state index contributed by atoms with van der Waals surface area (Å²) in [7, 11) is 0. The molecular weight excluding hydrogens is 464 g/mol. The van der Waals surface area contributed by atoms with Crippen LogP contribution in [-0.2, 0) is 0 Å². The van der Waals surface area contributed by atoms with E-state index >= 15 is 0 Å². The van der Waals surface area contributed by atoms with Crippen LogP contribution < -0.4 is 0 Å². The fraction of sp³-hybridized carbons (Fsp3) is 0.263. The van der Waals surface area contributed by atoms with Crippen LogP contribution in [-0.4, -0.2) is 23.3 Å². The van der Waals surface area contributed by atoms with Crippen LogP contribution in [0.3, 0.4) is 0 Å². The monoisotopic (exact) mass is 475 g/mol. The first kappa shape index (κ1) is 25.1. The lowest BCUT2D eigenvalue weighted by molar-refractivity contribution is 0.0594. The Morgan fingerprint density at radius 2 is 0.812 bits per heavy atom. The maximum Gasteiger partial charge on any atom is 0.266 e. The van der Waals surface area contributed by atoms with E-state index in [1.54, 1.807) is 0 Å². The number of nitrogens with zero attached hydrogens (tertiary/aromatic N) is 1. The van der Waals surface area contributed by atoms with Crippen molar-refractivity contribution >= 4 is 11.8 Å². The number of halogens is 10. The second-order valence-corrected chi connectivity index (χ2v) is 6.83. The van der Waals surface area contributed by atoms with Crippen molar-refractivity contribution in [2.24, 2.45) is 5.92 Å². The van der Waals surface area contributed by atoms with E-state index in [0.717, 1.165) is 0 Å². The summed E-state index contributed by atoms with van der Waals surface area (Å²) in [5.74, 6) is -31.0. The second kappa shape index (κ2) is 9.17. The van der Waals surface area contributed by atoms with Gasteiger partial charge in [-0.2, -0.15) is 0 Å². The van der Waals surface area contributed by atoms with Crippen LogP contribution in [0.15, 0.2) is 0 Å². The summed E-state index contributed by atoms with van der Waals surface area (Å²) >= 11 is 0. The highest BCUT2D eigenvalue weighted by Crippen LogP contribution is 2.28. The third-order valence-electron chi connectivity index (χ3n) is 4.27. The molecule has 0 aliphatic carbocycles. The zero-order valence-electron chi connectivity index (χ0n) is 16.0. The van der Waals surface area contributed by atoms with Crippen LogP contribution >= 0.6 is 0 Å². The standard InChI is InChI=1S/C19H11F10NO2/c1-5(2)3-4-30(18(31)6-8(20)12(24)16(28)13(25)9(6)21)19(32)7-10(22)14(26)17(29)15(27)11(7)23/h5H,3-4H2,1-2H3. The molecule has 0 aliphatic rings. The van der Waals surface area contributed by atoms with E-state index in [0.29, 0.717) is 0 Å². The van der Waals surface area contributed by atoms with Crippen molar-refractivity contribution in [1.82, 2.24) is 4.90 Å². The van der Waals surface area contributed by atoms with Crippen LogP contribution in [0.2, 0.25) is 0 Å². The Kier molecular flexibility index (Phi) is 7.20. The van der Waals surface area contributed by atoms with Crippen LogP contribution in [0.1, 0.15) is 41.0 Å². The molecule has 0 bridgehead atoms. The van der Waals surface area contributed by atoms with Gasteiger partial charge < -0.3 is 0 Å². The van der Waals surface area contributed by atoms with E-state index in [2.05, 4.69) is 0 Å². The van der Waals surface area contributed by atoms with Gasteiger partial charge in [0.2, 0.25) is 11.6 Å². The first-order chi connectivity index (χ1) is 14.7. The molecule has 2 amide bonds. The highest BCUT2D eigenvalue weighted by atomic mass is 19.2. The van der Waals surface area contributed by atoms with Gasteiger partial charge >= 0.3 is 0 Å². The molecule has 2 aromatic rings. The fourth-order valence-corrected chi connectivity index (χ4v) is 2.54. The van der Waals surface area contributed by atoms with Gasteiger partial charge in [0.15, 0.2) is 46.5 Å². The summed E-state index contributed by atoms with van der Waals surface area (Å²) in [5.41, 5.74) is -4.30. The highest BCUT2D eigenvalue weighted by Gasteiger charge is 2.38. The number of hydrogen-bond acceptors (Lipinski definition) is 2.